The van der Waals surface area contributed by atoms with Crippen LogP contribution in [0.25, 0.3) is 0 Å². The minimum Gasteiger partial charge on any atom is -0.355 e. The van der Waals surface area contributed by atoms with Gasteiger partial charge in [-0.2, -0.15) is 0 Å². The number of piperazine rings is 1. The zero-order valence-corrected chi connectivity index (χ0v) is 13.0. The van der Waals surface area contributed by atoms with Crippen molar-refractivity contribution >= 4 is 11.8 Å². The van der Waals surface area contributed by atoms with Gasteiger partial charge in [0.1, 0.15) is 0 Å². The highest BCUT2D eigenvalue weighted by Crippen LogP contribution is 2.10. The second-order valence-corrected chi connectivity index (χ2v) is 5.52. The number of hydrogen-bond acceptors (Lipinski definition) is 4. The summed E-state index contributed by atoms with van der Waals surface area (Å²) in [5, 5.41) is 2.79. The molecular weight excluding hydrogens is 280 g/mol. The minimum absolute atomic E-state index is 0.00487. The summed E-state index contributed by atoms with van der Waals surface area (Å²) in [6.07, 6.45) is 0. The van der Waals surface area contributed by atoms with Gasteiger partial charge in [-0.25, -0.2) is 0 Å². The fourth-order valence-corrected chi connectivity index (χ4v) is 2.53. The molecule has 0 unspecified atom stereocenters. The number of nitrogens with zero attached hydrogens (tertiary/aromatic N) is 2. The molecule has 3 N–H and O–H groups in total. The Hall–Kier alpha value is -1.92. The SMILES string of the molecule is CC(=O)NCCN1CCN(C(=O)c2ccc(CN)cc2)CC1. The van der Waals surface area contributed by atoms with E-state index in [0.29, 0.717) is 18.7 Å². The van der Waals surface area contributed by atoms with Crippen molar-refractivity contribution in [3.8, 4) is 0 Å². The third-order valence-corrected chi connectivity index (χ3v) is 3.90. The number of amides is 2. The molecule has 0 spiro atoms. The molecule has 1 aliphatic rings. The zero-order valence-electron chi connectivity index (χ0n) is 13.0. The van der Waals surface area contributed by atoms with E-state index in [9.17, 15) is 9.59 Å². The van der Waals surface area contributed by atoms with Crippen molar-refractivity contribution in [3.05, 3.63) is 35.4 Å². The van der Waals surface area contributed by atoms with Gasteiger partial charge in [-0.15, -0.1) is 0 Å². The van der Waals surface area contributed by atoms with Crippen molar-refractivity contribution in [1.82, 2.24) is 15.1 Å². The van der Waals surface area contributed by atoms with Crippen LogP contribution in [-0.4, -0.2) is 60.9 Å². The van der Waals surface area contributed by atoms with Gasteiger partial charge in [-0.05, 0) is 17.7 Å². The monoisotopic (exact) mass is 304 g/mol. The maximum atomic E-state index is 12.4. The molecular formula is C16H24N4O2. The number of benzene rings is 1. The molecule has 1 heterocycles. The first-order valence-corrected chi connectivity index (χ1v) is 7.65. The van der Waals surface area contributed by atoms with E-state index in [1.807, 2.05) is 29.2 Å². The van der Waals surface area contributed by atoms with Crippen LogP contribution < -0.4 is 11.1 Å². The molecule has 1 aromatic rings. The third kappa shape index (κ3) is 4.54. The number of carbonyl (C=O) groups is 2. The first-order chi connectivity index (χ1) is 10.6. The van der Waals surface area contributed by atoms with Gasteiger partial charge < -0.3 is 16.0 Å². The van der Waals surface area contributed by atoms with E-state index in [-0.39, 0.29) is 11.8 Å². The molecule has 1 saturated heterocycles. The van der Waals surface area contributed by atoms with Gasteiger partial charge in [0, 0.05) is 58.3 Å². The Morgan fingerprint density at radius 1 is 1.14 bits per heavy atom. The Labute approximate surface area is 131 Å². The largest absolute Gasteiger partial charge is 0.355 e. The minimum atomic E-state index is -0.00487. The first-order valence-electron chi connectivity index (χ1n) is 7.65. The average molecular weight is 304 g/mol. The molecule has 22 heavy (non-hydrogen) atoms. The van der Waals surface area contributed by atoms with Crippen LogP contribution >= 0.6 is 0 Å². The van der Waals surface area contributed by atoms with Gasteiger partial charge in [0.25, 0.3) is 5.91 Å². The predicted molar refractivity (Wildman–Crippen MR) is 85.4 cm³/mol. The van der Waals surface area contributed by atoms with Crippen LogP contribution in [0.1, 0.15) is 22.8 Å². The summed E-state index contributed by atoms with van der Waals surface area (Å²) in [7, 11) is 0. The predicted octanol–water partition coefficient (Wildman–Crippen LogP) is 0.0392. The van der Waals surface area contributed by atoms with Gasteiger partial charge in [0.2, 0.25) is 5.91 Å². The number of hydrogen-bond donors (Lipinski definition) is 2. The van der Waals surface area contributed by atoms with Crippen molar-refractivity contribution in [1.29, 1.82) is 0 Å². The molecule has 2 rings (SSSR count). The maximum absolute atomic E-state index is 12.4. The van der Waals surface area contributed by atoms with Gasteiger partial charge in [-0.1, -0.05) is 12.1 Å². The van der Waals surface area contributed by atoms with E-state index < -0.39 is 0 Å². The fourth-order valence-electron chi connectivity index (χ4n) is 2.53. The zero-order chi connectivity index (χ0) is 15.9. The second-order valence-electron chi connectivity index (χ2n) is 5.52. The Morgan fingerprint density at radius 2 is 1.77 bits per heavy atom. The van der Waals surface area contributed by atoms with Crippen molar-refractivity contribution in [2.24, 2.45) is 5.73 Å². The van der Waals surface area contributed by atoms with E-state index in [2.05, 4.69) is 10.2 Å². The molecule has 120 valence electrons. The standard InChI is InChI=1S/C16H24N4O2/c1-13(21)18-6-7-19-8-10-20(11-9-19)16(22)15-4-2-14(12-17)3-5-15/h2-5H,6-12,17H2,1H3,(H,18,21). The van der Waals surface area contributed by atoms with Crippen LogP contribution in [0.3, 0.4) is 0 Å². The molecule has 1 aliphatic heterocycles. The Morgan fingerprint density at radius 3 is 2.32 bits per heavy atom. The highest BCUT2D eigenvalue weighted by atomic mass is 16.2. The molecule has 2 amide bonds. The number of nitrogens with one attached hydrogen (secondary N) is 1. The molecule has 0 radical (unpaired) electrons. The molecule has 0 atom stereocenters. The summed E-state index contributed by atoms with van der Waals surface area (Å²) < 4.78 is 0. The van der Waals surface area contributed by atoms with Gasteiger partial charge in [-0.3, -0.25) is 14.5 Å². The van der Waals surface area contributed by atoms with Crippen LogP contribution in [-0.2, 0) is 11.3 Å². The summed E-state index contributed by atoms with van der Waals surface area (Å²) in [5.74, 6) is 0.0693. The molecule has 0 saturated carbocycles. The quantitative estimate of drug-likeness (QED) is 0.805. The summed E-state index contributed by atoms with van der Waals surface area (Å²) in [6.45, 7) is 6.61. The highest BCUT2D eigenvalue weighted by molar-refractivity contribution is 5.94. The maximum Gasteiger partial charge on any atom is 0.253 e. The average Bonchev–Trinajstić information content (AvgIpc) is 2.54. The van der Waals surface area contributed by atoms with Crippen LogP contribution in [0.5, 0.6) is 0 Å². The normalized spacial score (nSPS) is 15.6. The van der Waals surface area contributed by atoms with Gasteiger partial charge >= 0.3 is 0 Å². The first kappa shape index (κ1) is 16.5. The summed E-state index contributed by atoms with van der Waals surface area (Å²) in [4.78, 5) is 27.4. The van der Waals surface area contributed by atoms with E-state index in [1.54, 1.807) is 0 Å². The smallest absolute Gasteiger partial charge is 0.253 e. The highest BCUT2D eigenvalue weighted by Gasteiger charge is 2.21. The number of nitrogens with two attached hydrogens (primary N) is 1. The summed E-state index contributed by atoms with van der Waals surface area (Å²) in [5.41, 5.74) is 7.30. The lowest BCUT2D eigenvalue weighted by atomic mass is 10.1. The van der Waals surface area contributed by atoms with Crippen LogP contribution in [0.15, 0.2) is 24.3 Å². The molecule has 0 bridgehead atoms. The van der Waals surface area contributed by atoms with E-state index >= 15 is 0 Å². The summed E-state index contributed by atoms with van der Waals surface area (Å²) >= 11 is 0. The van der Waals surface area contributed by atoms with Crippen LogP contribution in [0.4, 0.5) is 0 Å². The number of rotatable bonds is 5. The van der Waals surface area contributed by atoms with E-state index in [0.717, 1.165) is 38.3 Å². The van der Waals surface area contributed by atoms with Crippen molar-refractivity contribution in [2.45, 2.75) is 13.5 Å². The Balaban J connectivity index is 1.80. The van der Waals surface area contributed by atoms with Crippen LogP contribution in [0.2, 0.25) is 0 Å². The van der Waals surface area contributed by atoms with Gasteiger partial charge in [0.15, 0.2) is 0 Å². The topological polar surface area (TPSA) is 78.7 Å². The summed E-state index contributed by atoms with van der Waals surface area (Å²) in [6, 6.07) is 7.48. The van der Waals surface area contributed by atoms with Crippen LogP contribution in [0, 0.1) is 0 Å². The lowest BCUT2D eigenvalue weighted by Gasteiger charge is -2.34. The molecule has 6 nitrogen and oxygen atoms in total. The Kier molecular flexibility index (Phi) is 5.91. The van der Waals surface area contributed by atoms with Crippen molar-refractivity contribution in [3.63, 3.8) is 0 Å². The molecule has 1 aromatic carbocycles. The molecule has 1 fully saturated rings. The van der Waals surface area contributed by atoms with E-state index in [1.165, 1.54) is 6.92 Å². The Bertz CT molecular complexity index is 507. The molecule has 6 heteroatoms. The number of carbonyl (C=O) groups excluding carboxylic acids is 2. The molecule has 0 aliphatic carbocycles. The van der Waals surface area contributed by atoms with E-state index in [4.69, 9.17) is 5.73 Å². The van der Waals surface area contributed by atoms with Crippen molar-refractivity contribution in [2.75, 3.05) is 39.3 Å². The lowest BCUT2D eigenvalue weighted by molar-refractivity contribution is -0.119. The van der Waals surface area contributed by atoms with Gasteiger partial charge in [0.05, 0.1) is 0 Å². The lowest BCUT2D eigenvalue weighted by Crippen LogP contribution is -2.50. The van der Waals surface area contributed by atoms with Crippen molar-refractivity contribution < 1.29 is 9.59 Å². The third-order valence-electron chi connectivity index (χ3n) is 3.90. The molecule has 0 aromatic heterocycles. The second kappa shape index (κ2) is 7.91. The fraction of sp³-hybridized carbons (Fsp3) is 0.500.